The summed E-state index contributed by atoms with van der Waals surface area (Å²) in [5, 5.41) is 0. The zero-order valence-corrected chi connectivity index (χ0v) is 15.0. The van der Waals surface area contributed by atoms with Crippen molar-refractivity contribution in [2.75, 3.05) is 19.7 Å². The number of piperidine rings is 1. The van der Waals surface area contributed by atoms with Gasteiger partial charge in [-0.2, -0.15) is 0 Å². The average molecular weight is 338 g/mol. The number of aromatic nitrogens is 1. The van der Waals surface area contributed by atoms with Crippen LogP contribution >= 0.6 is 11.3 Å². The van der Waals surface area contributed by atoms with E-state index in [1.807, 2.05) is 31.2 Å². The van der Waals surface area contributed by atoms with Crippen LogP contribution in [0.2, 0.25) is 0 Å². The lowest BCUT2D eigenvalue weighted by molar-refractivity contribution is -0.152. The summed E-state index contributed by atoms with van der Waals surface area (Å²) in [4.78, 5) is 31.7. The molecule has 0 radical (unpaired) electrons. The molecule has 0 saturated carbocycles. The molecule has 0 aromatic carbocycles. The molecule has 2 atom stereocenters. The van der Waals surface area contributed by atoms with Crippen molar-refractivity contribution < 1.29 is 14.3 Å². The van der Waals surface area contributed by atoms with Crippen LogP contribution in [0.1, 0.15) is 43.7 Å². The number of hydrogen-bond donors (Lipinski definition) is 0. The van der Waals surface area contributed by atoms with Crippen LogP contribution in [0.5, 0.6) is 0 Å². The first kappa shape index (κ1) is 17.9. The summed E-state index contributed by atoms with van der Waals surface area (Å²) in [5.74, 6) is -0.169. The molecule has 1 aliphatic heterocycles. The molecule has 1 aliphatic rings. The van der Waals surface area contributed by atoms with Crippen LogP contribution in [0.15, 0.2) is 5.51 Å². The highest BCUT2D eigenvalue weighted by atomic mass is 32.1. The van der Waals surface area contributed by atoms with E-state index in [1.54, 1.807) is 11.3 Å². The van der Waals surface area contributed by atoms with Crippen LogP contribution in [0.25, 0.3) is 0 Å². The van der Waals surface area contributed by atoms with Gasteiger partial charge in [-0.3, -0.25) is 9.59 Å². The molecular weight excluding hydrogens is 312 g/mol. The minimum absolute atomic E-state index is 0.0269. The minimum atomic E-state index is -0.181. The molecule has 6 heteroatoms. The van der Waals surface area contributed by atoms with E-state index in [0.29, 0.717) is 19.6 Å². The molecule has 0 bridgehead atoms. The van der Waals surface area contributed by atoms with Crippen molar-refractivity contribution >= 4 is 23.2 Å². The molecule has 2 rings (SSSR count). The van der Waals surface area contributed by atoms with Gasteiger partial charge < -0.3 is 9.64 Å². The predicted octanol–water partition coefficient (Wildman–Crippen LogP) is 2.82. The molecule has 1 aromatic heterocycles. The molecule has 0 aliphatic carbocycles. The van der Waals surface area contributed by atoms with E-state index in [9.17, 15) is 9.59 Å². The first-order valence-electron chi connectivity index (χ1n) is 8.37. The first-order chi connectivity index (χ1) is 11.0. The van der Waals surface area contributed by atoms with Crippen molar-refractivity contribution in [2.45, 2.75) is 46.5 Å². The van der Waals surface area contributed by atoms with Crippen molar-refractivity contribution in [3.8, 4) is 0 Å². The van der Waals surface area contributed by atoms with Crippen LogP contribution in [0.3, 0.4) is 0 Å². The molecular formula is C17H26N2O3S. The summed E-state index contributed by atoms with van der Waals surface area (Å²) >= 11 is 1.59. The number of rotatable bonds is 6. The van der Waals surface area contributed by atoms with Crippen molar-refractivity contribution in [1.82, 2.24) is 9.88 Å². The van der Waals surface area contributed by atoms with Crippen molar-refractivity contribution in [2.24, 2.45) is 11.8 Å². The molecule has 1 aromatic rings. The topological polar surface area (TPSA) is 59.5 Å². The highest BCUT2D eigenvalue weighted by molar-refractivity contribution is 7.09. The molecule has 1 amide bonds. The van der Waals surface area contributed by atoms with Gasteiger partial charge in [0.2, 0.25) is 5.91 Å². The largest absolute Gasteiger partial charge is 0.465 e. The predicted molar refractivity (Wildman–Crippen MR) is 90.3 cm³/mol. The number of amides is 1. The second kappa shape index (κ2) is 8.43. The number of nitrogens with zero attached hydrogens (tertiary/aromatic N) is 2. The van der Waals surface area contributed by atoms with Crippen LogP contribution in [-0.2, 0) is 20.7 Å². The van der Waals surface area contributed by atoms with E-state index in [1.165, 1.54) is 0 Å². The minimum Gasteiger partial charge on any atom is -0.465 e. The molecule has 2 heterocycles. The maximum Gasteiger partial charge on any atom is 0.310 e. The fourth-order valence-corrected chi connectivity index (χ4v) is 3.55. The average Bonchev–Trinajstić information content (AvgIpc) is 2.98. The normalized spacial score (nSPS) is 19.4. The maximum absolute atomic E-state index is 12.3. The molecule has 0 N–H and O–H groups in total. The Kier molecular flexibility index (Phi) is 6.57. The van der Waals surface area contributed by atoms with Gasteiger partial charge in [-0.25, -0.2) is 4.98 Å². The van der Waals surface area contributed by atoms with Crippen molar-refractivity contribution in [3.63, 3.8) is 0 Å². The lowest BCUT2D eigenvalue weighted by Gasteiger charge is -2.33. The van der Waals surface area contributed by atoms with E-state index >= 15 is 0 Å². The van der Waals surface area contributed by atoms with Crippen LogP contribution < -0.4 is 0 Å². The summed E-state index contributed by atoms with van der Waals surface area (Å²) in [7, 11) is 0. The van der Waals surface area contributed by atoms with E-state index < -0.39 is 0 Å². The van der Waals surface area contributed by atoms with Gasteiger partial charge in [0.15, 0.2) is 0 Å². The summed E-state index contributed by atoms with van der Waals surface area (Å²) in [6, 6.07) is 0. The Morgan fingerprint density at radius 2 is 2.30 bits per heavy atom. The molecule has 1 fully saturated rings. The summed E-state index contributed by atoms with van der Waals surface area (Å²) in [5.41, 5.74) is 2.82. The van der Waals surface area contributed by atoms with Crippen LogP contribution in [-0.4, -0.2) is 41.5 Å². The summed E-state index contributed by atoms with van der Waals surface area (Å²) in [6.45, 7) is 7.57. The lowest BCUT2D eigenvalue weighted by atomic mass is 9.96. The van der Waals surface area contributed by atoms with Gasteiger partial charge in [-0.15, -0.1) is 11.3 Å². The standard InChI is InChI=1S/C17H26N2O3S/c1-4-12(2)16(20)19-8-5-6-14(10-19)17(21)22-9-7-15-13(3)18-11-23-15/h11-12,14H,4-10H2,1-3H3/t12-,14+/m1/s1. The van der Waals surface area contributed by atoms with Gasteiger partial charge in [0.05, 0.1) is 23.7 Å². The van der Waals surface area contributed by atoms with Gasteiger partial charge in [0.25, 0.3) is 0 Å². The second-order valence-electron chi connectivity index (χ2n) is 6.21. The van der Waals surface area contributed by atoms with Crippen LogP contribution in [0.4, 0.5) is 0 Å². The van der Waals surface area contributed by atoms with Gasteiger partial charge in [0.1, 0.15) is 0 Å². The van der Waals surface area contributed by atoms with Gasteiger partial charge in [0, 0.05) is 30.3 Å². The van der Waals surface area contributed by atoms with E-state index in [4.69, 9.17) is 4.74 Å². The molecule has 1 saturated heterocycles. The number of aryl methyl sites for hydroxylation is 1. The van der Waals surface area contributed by atoms with Crippen molar-refractivity contribution in [3.05, 3.63) is 16.1 Å². The Hall–Kier alpha value is -1.43. The SMILES string of the molecule is CC[C@@H](C)C(=O)N1CCC[C@H](C(=O)OCCc2scnc2C)C1. The Bertz CT molecular complexity index is 544. The number of thiazole rings is 1. The quantitative estimate of drug-likeness (QED) is 0.748. The maximum atomic E-state index is 12.3. The Morgan fingerprint density at radius 3 is 2.96 bits per heavy atom. The van der Waals surface area contributed by atoms with Gasteiger partial charge in [-0.1, -0.05) is 13.8 Å². The van der Waals surface area contributed by atoms with E-state index in [-0.39, 0.29) is 23.7 Å². The molecule has 128 valence electrons. The smallest absolute Gasteiger partial charge is 0.310 e. The Balaban J connectivity index is 1.80. The highest BCUT2D eigenvalue weighted by Crippen LogP contribution is 2.21. The zero-order chi connectivity index (χ0) is 16.8. The highest BCUT2D eigenvalue weighted by Gasteiger charge is 2.30. The third-order valence-electron chi connectivity index (χ3n) is 4.52. The van der Waals surface area contributed by atoms with Gasteiger partial charge >= 0.3 is 5.97 Å². The van der Waals surface area contributed by atoms with E-state index in [2.05, 4.69) is 4.98 Å². The fraction of sp³-hybridized carbons (Fsp3) is 0.706. The number of carbonyl (C=O) groups is 2. The Labute approximate surface area is 142 Å². The number of likely N-dealkylation sites (tertiary alicyclic amines) is 1. The molecule has 23 heavy (non-hydrogen) atoms. The number of hydrogen-bond acceptors (Lipinski definition) is 5. The zero-order valence-electron chi connectivity index (χ0n) is 14.2. The van der Waals surface area contributed by atoms with Crippen LogP contribution in [0, 0.1) is 18.8 Å². The lowest BCUT2D eigenvalue weighted by Crippen LogP contribution is -2.44. The van der Waals surface area contributed by atoms with E-state index in [0.717, 1.165) is 36.4 Å². The van der Waals surface area contributed by atoms with Gasteiger partial charge in [-0.05, 0) is 26.2 Å². The molecule has 0 spiro atoms. The number of carbonyl (C=O) groups excluding carboxylic acids is 2. The Morgan fingerprint density at radius 1 is 1.52 bits per heavy atom. The molecule has 5 nitrogen and oxygen atoms in total. The monoisotopic (exact) mass is 338 g/mol. The molecule has 0 unspecified atom stereocenters. The third-order valence-corrected chi connectivity index (χ3v) is 5.51. The fourth-order valence-electron chi connectivity index (χ4n) is 2.78. The number of esters is 1. The second-order valence-corrected chi connectivity index (χ2v) is 7.15. The van der Waals surface area contributed by atoms with Crippen molar-refractivity contribution in [1.29, 1.82) is 0 Å². The first-order valence-corrected chi connectivity index (χ1v) is 9.25. The number of ether oxygens (including phenoxy) is 1. The third kappa shape index (κ3) is 4.77. The summed E-state index contributed by atoms with van der Waals surface area (Å²) in [6.07, 6.45) is 3.22. The summed E-state index contributed by atoms with van der Waals surface area (Å²) < 4.78 is 5.43.